The van der Waals surface area contributed by atoms with Gasteiger partial charge in [0.15, 0.2) is 0 Å². The van der Waals surface area contributed by atoms with Gasteiger partial charge in [0.05, 0.1) is 51.4 Å². The van der Waals surface area contributed by atoms with Gasteiger partial charge in [0.25, 0.3) is 0 Å². The maximum absolute atomic E-state index is 6.25. The molecule has 6 heteroatoms. The summed E-state index contributed by atoms with van der Waals surface area (Å²) in [6, 6.07) is 23.1. The van der Waals surface area contributed by atoms with Gasteiger partial charge in [0.2, 0.25) is 0 Å². The van der Waals surface area contributed by atoms with Gasteiger partial charge >= 0.3 is 0 Å². The fourth-order valence-electron chi connectivity index (χ4n) is 5.18. The fraction of sp³-hybridized carbons (Fsp3) is 0.258. The van der Waals surface area contributed by atoms with E-state index in [1.54, 1.807) is 0 Å². The summed E-state index contributed by atoms with van der Waals surface area (Å²) in [5.41, 5.74) is 9.02. The standard InChI is InChI=1S/C31H30ClN5/c1-20-8-15-26-30(16-20)37(25-13-10-22(32)11-14-25)31-18-28(34-23-6-4-3-5-7-23)27(17-29(31)36-26)35-24-12-9-21(2)33-19-24/h8-19,23,35H,3-7H2,1-2H3/b34-28+. The van der Waals surface area contributed by atoms with E-state index in [2.05, 4.69) is 70.3 Å². The lowest BCUT2D eigenvalue weighted by atomic mass is 9.96. The van der Waals surface area contributed by atoms with Crippen molar-refractivity contribution >= 4 is 34.0 Å². The van der Waals surface area contributed by atoms with E-state index in [9.17, 15) is 0 Å². The van der Waals surface area contributed by atoms with Crippen LogP contribution in [0.5, 0.6) is 0 Å². The van der Waals surface area contributed by atoms with Crippen molar-refractivity contribution in [3.63, 3.8) is 0 Å². The first-order chi connectivity index (χ1) is 18.0. The van der Waals surface area contributed by atoms with E-state index < -0.39 is 0 Å². The van der Waals surface area contributed by atoms with Gasteiger partial charge in [-0.05, 0) is 92.9 Å². The van der Waals surface area contributed by atoms with Crippen LogP contribution in [0.1, 0.15) is 43.4 Å². The molecule has 0 amide bonds. The van der Waals surface area contributed by atoms with Gasteiger partial charge in [-0.2, -0.15) is 0 Å². The summed E-state index contributed by atoms with van der Waals surface area (Å²) in [4.78, 5) is 14.8. The Morgan fingerprint density at radius 1 is 0.919 bits per heavy atom. The number of aryl methyl sites for hydroxylation is 2. The average molecular weight is 508 g/mol. The third kappa shape index (κ3) is 4.96. The zero-order valence-corrected chi connectivity index (χ0v) is 22.0. The third-order valence-electron chi connectivity index (χ3n) is 7.12. The molecule has 0 saturated heterocycles. The molecule has 0 spiro atoms. The highest BCUT2D eigenvalue weighted by atomic mass is 35.5. The molecule has 1 saturated carbocycles. The molecule has 3 aliphatic rings. The molecular formula is C31H30ClN5. The van der Waals surface area contributed by atoms with Crippen molar-refractivity contribution in [1.82, 2.24) is 14.5 Å². The van der Waals surface area contributed by atoms with Crippen molar-refractivity contribution in [3.05, 3.63) is 94.6 Å². The monoisotopic (exact) mass is 507 g/mol. The minimum atomic E-state index is 0.336. The van der Waals surface area contributed by atoms with Crippen LogP contribution in [0, 0.1) is 13.8 Å². The van der Waals surface area contributed by atoms with Crippen molar-refractivity contribution < 1.29 is 0 Å². The highest BCUT2D eigenvalue weighted by molar-refractivity contribution is 6.30. The molecule has 1 N–H and O–H groups in total. The van der Waals surface area contributed by atoms with Crippen LogP contribution in [-0.4, -0.2) is 20.6 Å². The Morgan fingerprint density at radius 3 is 2.49 bits per heavy atom. The molecule has 0 bridgehead atoms. The number of pyridine rings is 1. The molecule has 2 heterocycles. The normalized spacial score (nSPS) is 14.9. The Bertz CT molecular complexity index is 1600. The predicted octanol–water partition coefficient (Wildman–Crippen LogP) is 7.77. The number of benzene rings is 3. The van der Waals surface area contributed by atoms with E-state index in [0.29, 0.717) is 6.04 Å². The zero-order valence-electron chi connectivity index (χ0n) is 21.2. The molecule has 1 aromatic heterocycles. The van der Waals surface area contributed by atoms with Gasteiger partial charge in [-0.1, -0.05) is 36.9 Å². The van der Waals surface area contributed by atoms with Crippen molar-refractivity contribution in [2.24, 2.45) is 4.99 Å². The summed E-state index contributed by atoms with van der Waals surface area (Å²) in [7, 11) is 0. The Balaban J connectivity index is 1.62. The summed E-state index contributed by atoms with van der Waals surface area (Å²) in [6.07, 6.45) is 7.92. The lowest BCUT2D eigenvalue weighted by molar-refractivity contribution is 0.437. The molecule has 2 aromatic carbocycles. The smallest absolute Gasteiger partial charge is 0.0900 e. The van der Waals surface area contributed by atoms with Crippen LogP contribution in [0.3, 0.4) is 0 Å². The van der Waals surface area contributed by atoms with Gasteiger partial charge in [-0.15, -0.1) is 0 Å². The number of aromatic nitrogens is 3. The molecule has 5 nitrogen and oxygen atoms in total. The van der Waals surface area contributed by atoms with Crippen LogP contribution >= 0.6 is 11.6 Å². The molecule has 1 fully saturated rings. The molecule has 0 radical (unpaired) electrons. The van der Waals surface area contributed by atoms with Crippen LogP contribution in [0.15, 0.2) is 77.9 Å². The molecule has 37 heavy (non-hydrogen) atoms. The number of nitrogens with one attached hydrogen (secondary N) is 1. The van der Waals surface area contributed by atoms with Crippen LogP contribution in [0.25, 0.3) is 28.1 Å². The maximum Gasteiger partial charge on any atom is 0.0900 e. The molecular weight excluding hydrogens is 478 g/mol. The van der Waals surface area contributed by atoms with E-state index in [-0.39, 0.29) is 0 Å². The van der Waals surface area contributed by atoms with Gasteiger partial charge in [0.1, 0.15) is 0 Å². The van der Waals surface area contributed by atoms with E-state index in [4.69, 9.17) is 21.6 Å². The first-order valence-corrected chi connectivity index (χ1v) is 13.4. The molecule has 0 unspecified atom stereocenters. The largest absolute Gasteiger partial charge is 0.352 e. The van der Waals surface area contributed by atoms with Crippen molar-refractivity contribution in [1.29, 1.82) is 0 Å². The first-order valence-electron chi connectivity index (χ1n) is 13.0. The van der Waals surface area contributed by atoms with Gasteiger partial charge < -0.3 is 9.88 Å². The number of hydrogen-bond donors (Lipinski definition) is 1. The van der Waals surface area contributed by atoms with E-state index in [0.717, 1.165) is 68.4 Å². The Morgan fingerprint density at radius 2 is 1.73 bits per heavy atom. The average Bonchev–Trinajstić information content (AvgIpc) is 2.90. The number of fused-ring (bicyclic) bond motifs is 2. The van der Waals surface area contributed by atoms with Gasteiger partial charge in [-0.3, -0.25) is 9.98 Å². The lowest BCUT2D eigenvalue weighted by Crippen LogP contribution is -2.19. The minimum absolute atomic E-state index is 0.336. The van der Waals surface area contributed by atoms with Crippen molar-refractivity contribution in [2.75, 3.05) is 5.32 Å². The quantitative estimate of drug-likeness (QED) is 0.253. The Kier molecular flexibility index (Phi) is 6.39. The molecule has 2 aliphatic carbocycles. The summed E-state index contributed by atoms with van der Waals surface area (Å²) in [6.45, 7) is 4.11. The van der Waals surface area contributed by atoms with Gasteiger partial charge in [0, 0.05) is 16.4 Å². The Hall–Kier alpha value is -3.70. The highest BCUT2D eigenvalue weighted by Crippen LogP contribution is 2.31. The maximum atomic E-state index is 6.25. The van der Waals surface area contributed by atoms with E-state index in [1.165, 1.54) is 24.8 Å². The summed E-state index contributed by atoms with van der Waals surface area (Å²) < 4.78 is 2.28. The number of rotatable bonds is 4. The van der Waals surface area contributed by atoms with E-state index in [1.807, 2.05) is 31.3 Å². The number of halogens is 1. The minimum Gasteiger partial charge on any atom is -0.352 e. The lowest BCUT2D eigenvalue weighted by Gasteiger charge is -2.22. The Labute approximate surface area is 222 Å². The molecule has 3 aromatic rings. The SMILES string of the molecule is Cc1ccc2nc3cc(Nc4ccc(C)nc4)/c(=N/C4CCCCC4)cc-3n(-c3ccc(Cl)cc3)c2c1. The first kappa shape index (κ1) is 23.7. The second-order valence-electron chi connectivity index (χ2n) is 10.0. The number of hydrogen-bond acceptors (Lipinski definition) is 4. The number of anilines is 2. The summed E-state index contributed by atoms with van der Waals surface area (Å²) in [5.74, 6) is 0. The predicted molar refractivity (Wildman–Crippen MR) is 152 cm³/mol. The van der Waals surface area contributed by atoms with Gasteiger partial charge in [-0.25, -0.2) is 4.98 Å². The second-order valence-corrected chi connectivity index (χ2v) is 10.4. The molecule has 6 rings (SSSR count). The van der Waals surface area contributed by atoms with Crippen molar-refractivity contribution in [2.45, 2.75) is 52.0 Å². The van der Waals surface area contributed by atoms with Crippen LogP contribution in [0.4, 0.5) is 11.4 Å². The van der Waals surface area contributed by atoms with Crippen molar-refractivity contribution in [3.8, 4) is 17.1 Å². The molecule has 1 aliphatic heterocycles. The van der Waals surface area contributed by atoms with Crippen LogP contribution in [0.2, 0.25) is 5.02 Å². The van der Waals surface area contributed by atoms with E-state index >= 15 is 0 Å². The topological polar surface area (TPSA) is 55.1 Å². The molecule has 186 valence electrons. The highest BCUT2D eigenvalue weighted by Gasteiger charge is 2.18. The summed E-state index contributed by atoms with van der Waals surface area (Å²) >= 11 is 6.25. The van der Waals surface area contributed by atoms with Crippen LogP contribution < -0.4 is 10.7 Å². The number of nitrogens with zero attached hydrogens (tertiary/aromatic N) is 4. The summed E-state index contributed by atoms with van der Waals surface area (Å²) in [5, 5.41) is 5.25. The van der Waals surface area contributed by atoms with Crippen LogP contribution in [-0.2, 0) is 0 Å². The second kappa shape index (κ2) is 9.98. The zero-order chi connectivity index (χ0) is 25.4. The molecule has 0 atom stereocenters. The third-order valence-corrected chi connectivity index (χ3v) is 7.37. The fourth-order valence-corrected chi connectivity index (χ4v) is 5.31.